The monoisotopic (exact) mass is 263 g/mol. The summed E-state index contributed by atoms with van der Waals surface area (Å²) in [5.41, 5.74) is 0. The number of aromatic nitrogens is 2. The van der Waals surface area contributed by atoms with Gasteiger partial charge in [-0.3, -0.25) is 0 Å². The molecule has 0 saturated carbocycles. The number of ether oxygens (including phenoxy) is 1. The molecule has 1 aliphatic heterocycles. The molecule has 0 radical (unpaired) electrons. The number of thiophene rings is 1. The van der Waals surface area contributed by atoms with Crippen LogP contribution in [0, 0.1) is 6.92 Å². The van der Waals surface area contributed by atoms with Gasteiger partial charge in [0.1, 0.15) is 16.5 Å². The van der Waals surface area contributed by atoms with E-state index in [1.165, 1.54) is 10.3 Å². The summed E-state index contributed by atoms with van der Waals surface area (Å²) in [4.78, 5) is 14.0. The van der Waals surface area contributed by atoms with Gasteiger partial charge in [-0.15, -0.1) is 11.3 Å². The van der Waals surface area contributed by atoms with Gasteiger partial charge in [-0.05, 0) is 19.4 Å². The van der Waals surface area contributed by atoms with E-state index in [1.807, 2.05) is 6.92 Å². The van der Waals surface area contributed by atoms with E-state index >= 15 is 0 Å². The Hall–Kier alpha value is -1.20. The standard InChI is InChI=1S/C13H17N3OS/c1-3-10-8-11-12(16-4-6-17-7-5-16)14-9(2)15-13(11)18-10/h8H,3-7H2,1-2H3. The fraction of sp³-hybridized carbons (Fsp3) is 0.538. The van der Waals surface area contributed by atoms with Crippen LogP contribution in [0.15, 0.2) is 6.07 Å². The van der Waals surface area contributed by atoms with Crippen molar-refractivity contribution >= 4 is 27.4 Å². The summed E-state index contributed by atoms with van der Waals surface area (Å²) in [6.07, 6.45) is 1.06. The Balaban J connectivity index is 2.10. The molecule has 4 nitrogen and oxygen atoms in total. The maximum absolute atomic E-state index is 5.41. The summed E-state index contributed by atoms with van der Waals surface area (Å²) >= 11 is 1.78. The van der Waals surface area contributed by atoms with Crippen molar-refractivity contribution in [1.82, 2.24) is 9.97 Å². The molecule has 3 rings (SSSR count). The van der Waals surface area contributed by atoms with Crippen LogP contribution in [-0.2, 0) is 11.2 Å². The smallest absolute Gasteiger partial charge is 0.141 e. The molecule has 0 aromatic carbocycles. The van der Waals surface area contributed by atoms with Crippen molar-refractivity contribution < 1.29 is 4.74 Å². The molecule has 0 N–H and O–H groups in total. The van der Waals surface area contributed by atoms with E-state index in [4.69, 9.17) is 4.74 Å². The van der Waals surface area contributed by atoms with E-state index in [2.05, 4.69) is 27.9 Å². The van der Waals surface area contributed by atoms with Gasteiger partial charge >= 0.3 is 0 Å². The van der Waals surface area contributed by atoms with E-state index < -0.39 is 0 Å². The molecule has 1 aliphatic rings. The first-order chi connectivity index (χ1) is 8.78. The van der Waals surface area contributed by atoms with Gasteiger partial charge in [0.2, 0.25) is 0 Å². The fourth-order valence-corrected chi connectivity index (χ4v) is 3.26. The Labute approximate surface area is 111 Å². The Morgan fingerprint density at radius 1 is 1.33 bits per heavy atom. The zero-order valence-corrected chi connectivity index (χ0v) is 11.6. The molecule has 1 fully saturated rings. The van der Waals surface area contributed by atoms with Crippen LogP contribution in [-0.4, -0.2) is 36.3 Å². The second kappa shape index (κ2) is 4.82. The van der Waals surface area contributed by atoms with Gasteiger partial charge in [-0.1, -0.05) is 6.92 Å². The van der Waals surface area contributed by atoms with E-state index in [0.717, 1.165) is 49.2 Å². The number of hydrogen-bond donors (Lipinski definition) is 0. The van der Waals surface area contributed by atoms with Gasteiger partial charge < -0.3 is 9.64 Å². The minimum Gasteiger partial charge on any atom is -0.378 e. The van der Waals surface area contributed by atoms with Gasteiger partial charge in [0.05, 0.1) is 18.6 Å². The number of morpholine rings is 1. The molecule has 0 aliphatic carbocycles. The Kier molecular flexibility index (Phi) is 3.18. The van der Waals surface area contributed by atoms with E-state index in [9.17, 15) is 0 Å². The molecular weight excluding hydrogens is 246 g/mol. The molecule has 0 bridgehead atoms. The van der Waals surface area contributed by atoms with Crippen molar-refractivity contribution in [3.63, 3.8) is 0 Å². The molecular formula is C13H17N3OS. The predicted octanol–water partition coefficient (Wildman–Crippen LogP) is 2.40. The van der Waals surface area contributed by atoms with E-state index in [-0.39, 0.29) is 0 Å². The zero-order chi connectivity index (χ0) is 12.5. The molecule has 0 amide bonds. The Morgan fingerprint density at radius 2 is 2.11 bits per heavy atom. The summed E-state index contributed by atoms with van der Waals surface area (Å²) in [7, 11) is 0. The highest BCUT2D eigenvalue weighted by Crippen LogP contribution is 2.31. The summed E-state index contributed by atoms with van der Waals surface area (Å²) in [5.74, 6) is 1.94. The average Bonchev–Trinajstić information content (AvgIpc) is 2.81. The molecule has 96 valence electrons. The van der Waals surface area contributed by atoms with Crippen molar-refractivity contribution in [1.29, 1.82) is 0 Å². The van der Waals surface area contributed by atoms with Crippen molar-refractivity contribution in [2.75, 3.05) is 31.2 Å². The zero-order valence-electron chi connectivity index (χ0n) is 10.8. The van der Waals surface area contributed by atoms with Crippen LogP contribution in [0.1, 0.15) is 17.6 Å². The maximum atomic E-state index is 5.41. The molecule has 3 heterocycles. The number of hydrogen-bond acceptors (Lipinski definition) is 5. The van der Waals surface area contributed by atoms with Crippen molar-refractivity contribution in [2.24, 2.45) is 0 Å². The summed E-state index contributed by atoms with van der Waals surface area (Å²) < 4.78 is 5.41. The lowest BCUT2D eigenvalue weighted by atomic mass is 10.2. The lowest BCUT2D eigenvalue weighted by Gasteiger charge is -2.28. The average molecular weight is 263 g/mol. The molecule has 2 aromatic rings. The molecule has 0 atom stereocenters. The third-order valence-electron chi connectivity index (χ3n) is 3.19. The molecule has 5 heteroatoms. The second-order valence-electron chi connectivity index (χ2n) is 4.48. The van der Waals surface area contributed by atoms with E-state index in [1.54, 1.807) is 11.3 Å². The lowest BCUT2D eigenvalue weighted by Crippen LogP contribution is -2.37. The summed E-state index contributed by atoms with van der Waals surface area (Å²) in [6.45, 7) is 7.56. The van der Waals surface area contributed by atoms with Gasteiger partial charge in [-0.2, -0.15) is 0 Å². The maximum Gasteiger partial charge on any atom is 0.141 e. The number of aryl methyl sites for hydroxylation is 2. The summed E-state index contributed by atoms with van der Waals surface area (Å²) in [5, 5.41) is 1.20. The third kappa shape index (κ3) is 2.08. The quantitative estimate of drug-likeness (QED) is 0.834. The Bertz CT molecular complexity index is 561. The highest BCUT2D eigenvalue weighted by molar-refractivity contribution is 7.18. The van der Waals surface area contributed by atoms with Crippen molar-refractivity contribution in [3.05, 3.63) is 16.8 Å². The van der Waals surface area contributed by atoms with Gasteiger partial charge in [0, 0.05) is 18.0 Å². The first-order valence-electron chi connectivity index (χ1n) is 6.37. The van der Waals surface area contributed by atoms with Gasteiger partial charge in [-0.25, -0.2) is 9.97 Å². The number of nitrogens with zero attached hydrogens (tertiary/aromatic N) is 3. The number of fused-ring (bicyclic) bond motifs is 1. The van der Waals surface area contributed by atoms with Crippen LogP contribution in [0.5, 0.6) is 0 Å². The summed E-state index contributed by atoms with van der Waals surface area (Å²) in [6, 6.07) is 2.24. The molecule has 18 heavy (non-hydrogen) atoms. The number of rotatable bonds is 2. The highest BCUT2D eigenvalue weighted by Gasteiger charge is 2.18. The van der Waals surface area contributed by atoms with Crippen molar-refractivity contribution in [3.8, 4) is 0 Å². The minimum atomic E-state index is 0.787. The normalized spacial score (nSPS) is 16.4. The van der Waals surface area contributed by atoms with Gasteiger partial charge in [0.25, 0.3) is 0 Å². The van der Waals surface area contributed by atoms with Crippen LogP contribution in [0.2, 0.25) is 0 Å². The second-order valence-corrected chi connectivity index (χ2v) is 5.59. The molecule has 0 unspecified atom stereocenters. The lowest BCUT2D eigenvalue weighted by molar-refractivity contribution is 0.122. The van der Waals surface area contributed by atoms with Crippen LogP contribution in [0.25, 0.3) is 10.2 Å². The van der Waals surface area contributed by atoms with E-state index in [0.29, 0.717) is 0 Å². The highest BCUT2D eigenvalue weighted by atomic mass is 32.1. The van der Waals surface area contributed by atoms with Gasteiger partial charge in [0.15, 0.2) is 0 Å². The number of anilines is 1. The van der Waals surface area contributed by atoms with Crippen molar-refractivity contribution in [2.45, 2.75) is 20.3 Å². The third-order valence-corrected chi connectivity index (χ3v) is 4.37. The Morgan fingerprint density at radius 3 is 2.83 bits per heavy atom. The first kappa shape index (κ1) is 11.9. The van der Waals surface area contributed by atoms with Crippen LogP contribution >= 0.6 is 11.3 Å². The van der Waals surface area contributed by atoms with Crippen LogP contribution < -0.4 is 4.90 Å². The fourth-order valence-electron chi connectivity index (χ4n) is 2.25. The SMILES string of the molecule is CCc1cc2c(N3CCOCC3)nc(C)nc2s1. The molecule has 1 saturated heterocycles. The topological polar surface area (TPSA) is 38.2 Å². The molecule has 0 spiro atoms. The minimum absolute atomic E-state index is 0.787. The predicted molar refractivity (Wildman–Crippen MR) is 74.6 cm³/mol. The van der Waals surface area contributed by atoms with Crippen LogP contribution in [0.4, 0.5) is 5.82 Å². The van der Waals surface area contributed by atoms with Crippen LogP contribution in [0.3, 0.4) is 0 Å². The molecule has 2 aromatic heterocycles. The first-order valence-corrected chi connectivity index (χ1v) is 7.19. The largest absolute Gasteiger partial charge is 0.378 e.